The van der Waals surface area contributed by atoms with E-state index in [0.29, 0.717) is 24.7 Å². The van der Waals surface area contributed by atoms with Crippen molar-refractivity contribution in [3.8, 4) is 0 Å². The molecule has 3 rings (SSSR count). The minimum atomic E-state index is -4.05. The van der Waals surface area contributed by atoms with Crippen molar-refractivity contribution in [3.05, 3.63) is 59.7 Å². The van der Waals surface area contributed by atoms with E-state index < -0.39 is 21.7 Å². The van der Waals surface area contributed by atoms with E-state index in [1.807, 2.05) is 0 Å². The highest BCUT2D eigenvalue weighted by Gasteiger charge is 2.21. The Hall–Kier alpha value is -2.48. The predicted molar refractivity (Wildman–Crippen MR) is 88.7 cm³/mol. The molecular weight excluding hydrogens is 350 g/mol. The van der Waals surface area contributed by atoms with Gasteiger partial charge in [-0.05, 0) is 49.2 Å². The number of benzene rings is 2. The van der Waals surface area contributed by atoms with Gasteiger partial charge in [0, 0.05) is 24.7 Å². The number of hydrogen-bond donors (Lipinski definition) is 1. The van der Waals surface area contributed by atoms with Crippen molar-refractivity contribution in [3.63, 3.8) is 0 Å². The number of amides is 1. The molecule has 2 aromatic rings. The Kier molecular flexibility index (Phi) is 4.71. The van der Waals surface area contributed by atoms with Gasteiger partial charge in [-0.15, -0.1) is 0 Å². The Balaban J connectivity index is 1.79. The van der Waals surface area contributed by atoms with Crippen LogP contribution in [0, 0.1) is 11.6 Å². The molecule has 0 saturated carbocycles. The molecule has 0 unspecified atom stereocenters. The summed E-state index contributed by atoms with van der Waals surface area (Å²) in [5, 5.41) is 0. The molecule has 0 bridgehead atoms. The first-order chi connectivity index (χ1) is 11.9. The van der Waals surface area contributed by atoms with E-state index in [-0.39, 0.29) is 16.5 Å². The normalized spacial score (nSPS) is 14.6. The minimum absolute atomic E-state index is 0.116. The summed E-state index contributed by atoms with van der Waals surface area (Å²) in [5.41, 5.74) is 0.0485. The number of rotatable bonds is 4. The van der Waals surface area contributed by atoms with Crippen molar-refractivity contribution < 1.29 is 22.0 Å². The molecule has 0 spiro atoms. The Labute approximate surface area is 144 Å². The highest BCUT2D eigenvalue weighted by molar-refractivity contribution is 7.92. The highest BCUT2D eigenvalue weighted by atomic mass is 32.2. The Morgan fingerprint density at radius 2 is 1.64 bits per heavy atom. The number of hydrogen-bond acceptors (Lipinski definition) is 3. The predicted octanol–water partition coefficient (Wildman–Crippen LogP) is 3.00. The first-order valence-electron chi connectivity index (χ1n) is 7.74. The number of carbonyl (C=O) groups excluding carboxylic acids is 1. The molecule has 25 heavy (non-hydrogen) atoms. The van der Waals surface area contributed by atoms with Crippen molar-refractivity contribution in [1.82, 2.24) is 4.90 Å². The third-order valence-corrected chi connectivity index (χ3v) is 5.36. The van der Waals surface area contributed by atoms with Gasteiger partial charge in [0.1, 0.15) is 11.6 Å². The van der Waals surface area contributed by atoms with Gasteiger partial charge in [-0.25, -0.2) is 17.2 Å². The van der Waals surface area contributed by atoms with Gasteiger partial charge in [-0.1, -0.05) is 0 Å². The summed E-state index contributed by atoms with van der Waals surface area (Å²) in [6.45, 7) is 1.40. The van der Waals surface area contributed by atoms with Crippen LogP contribution in [0.1, 0.15) is 23.2 Å². The summed E-state index contributed by atoms with van der Waals surface area (Å²) in [6.07, 6.45) is 1.93. The molecule has 1 heterocycles. The van der Waals surface area contributed by atoms with Gasteiger partial charge in [0.2, 0.25) is 0 Å². The van der Waals surface area contributed by atoms with Gasteiger partial charge in [0.15, 0.2) is 0 Å². The molecule has 132 valence electrons. The van der Waals surface area contributed by atoms with Gasteiger partial charge in [0.25, 0.3) is 15.9 Å². The topological polar surface area (TPSA) is 66.5 Å². The zero-order chi connectivity index (χ0) is 18.0. The largest absolute Gasteiger partial charge is 0.339 e. The molecular formula is C17H16F2N2O3S. The SMILES string of the molecule is O=C(c1ccc(S(=O)(=O)Nc2ccc(F)cc2F)cc1)N1CCCC1. The Morgan fingerprint density at radius 3 is 2.24 bits per heavy atom. The number of nitrogens with one attached hydrogen (secondary N) is 1. The van der Waals surface area contributed by atoms with Gasteiger partial charge < -0.3 is 4.90 Å². The lowest BCUT2D eigenvalue weighted by Gasteiger charge is -2.15. The third kappa shape index (κ3) is 3.79. The van der Waals surface area contributed by atoms with Crippen molar-refractivity contribution >= 4 is 21.6 Å². The lowest BCUT2D eigenvalue weighted by molar-refractivity contribution is 0.0792. The van der Waals surface area contributed by atoms with Crippen molar-refractivity contribution in [1.29, 1.82) is 0 Å². The summed E-state index contributed by atoms with van der Waals surface area (Å²) >= 11 is 0. The molecule has 5 nitrogen and oxygen atoms in total. The summed E-state index contributed by atoms with van der Waals surface area (Å²) in [6, 6.07) is 7.98. The second-order valence-electron chi connectivity index (χ2n) is 5.75. The van der Waals surface area contributed by atoms with Crippen molar-refractivity contribution in [2.75, 3.05) is 17.8 Å². The quantitative estimate of drug-likeness (QED) is 0.905. The molecule has 8 heteroatoms. The zero-order valence-electron chi connectivity index (χ0n) is 13.2. The summed E-state index contributed by atoms with van der Waals surface area (Å²) in [7, 11) is -4.05. The molecule has 1 aliphatic rings. The highest BCUT2D eigenvalue weighted by Crippen LogP contribution is 2.21. The van der Waals surface area contributed by atoms with E-state index in [4.69, 9.17) is 0 Å². The molecule has 0 aliphatic carbocycles. The molecule has 2 aromatic carbocycles. The second kappa shape index (κ2) is 6.79. The van der Waals surface area contributed by atoms with Crippen molar-refractivity contribution in [2.24, 2.45) is 0 Å². The second-order valence-corrected chi connectivity index (χ2v) is 7.44. The minimum Gasteiger partial charge on any atom is -0.339 e. The Bertz CT molecular complexity index is 893. The average Bonchev–Trinajstić information content (AvgIpc) is 3.11. The van der Waals surface area contributed by atoms with Crippen LogP contribution >= 0.6 is 0 Å². The maximum Gasteiger partial charge on any atom is 0.261 e. The van der Waals surface area contributed by atoms with E-state index in [1.54, 1.807) is 4.90 Å². The monoisotopic (exact) mass is 366 g/mol. The average molecular weight is 366 g/mol. The fourth-order valence-electron chi connectivity index (χ4n) is 2.66. The molecule has 1 aliphatic heterocycles. The lowest BCUT2D eigenvalue weighted by atomic mass is 10.2. The third-order valence-electron chi connectivity index (χ3n) is 3.98. The fourth-order valence-corrected chi connectivity index (χ4v) is 3.72. The fraction of sp³-hybridized carbons (Fsp3) is 0.235. The maximum absolute atomic E-state index is 13.6. The first-order valence-corrected chi connectivity index (χ1v) is 9.22. The smallest absolute Gasteiger partial charge is 0.261 e. The van der Waals surface area contributed by atoms with Gasteiger partial charge in [-0.2, -0.15) is 0 Å². The number of halogens is 2. The van der Waals surface area contributed by atoms with Crippen LogP contribution in [0.15, 0.2) is 47.4 Å². The van der Waals surface area contributed by atoms with Crippen LogP contribution in [0.2, 0.25) is 0 Å². The number of nitrogens with zero attached hydrogens (tertiary/aromatic N) is 1. The van der Waals surface area contributed by atoms with Gasteiger partial charge >= 0.3 is 0 Å². The summed E-state index contributed by atoms with van der Waals surface area (Å²) in [5.74, 6) is -1.95. The zero-order valence-corrected chi connectivity index (χ0v) is 14.0. The number of sulfonamides is 1. The van der Waals surface area contributed by atoms with E-state index in [2.05, 4.69) is 4.72 Å². The maximum atomic E-state index is 13.6. The molecule has 0 aromatic heterocycles. The summed E-state index contributed by atoms with van der Waals surface area (Å²) < 4.78 is 53.2. The number of anilines is 1. The van der Waals surface area contributed by atoms with E-state index >= 15 is 0 Å². The molecule has 0 atom stereocenters. The molecule has 1 amide bonds. The van der Waals surface area contributed by atoms with Crippen LogP contribution in [-0.4, -0.2) is 32.3 Å². The van der Waals surface area contributed by atoms with Crippen molar-refractivity contribution in [2.45, 2.75) is 17.7 Å². The number of likely N-dealkylation sites (tertiary alicyclic amines) is 1. The summed E-state index contributed by atoms with van der Waals surface area (Å²) in [4.78, 5) is 13.9. The van der Waals surface area contributed by atoms with Crippen LogP contribution in [0.5, 0.6) is 0 Å². The lowest BCUT2D eigenvalue weighted by Crippen LogP contribution is -2.27. The van der Waals surface area contributed by atoms with Crippen LogP contribution in [-0.2, 0) is 10.0 Å². The van der Waals surface area contributed by atoms with Crippen LogP contribution < -0.4 is 4.72 Å². The van der Waals surface area contributed by atoms with E-state index in [0.717, 1.165) is 25.0 Å². The molecule has 0 radical (unpaired) electrons. The molecule has 1 fully saturated rings. The van der Waals surface area contributed by atoms with E-state index in [9.17, 15) is 22.0 Å². The molecule has 1 N–H and O–H groups in total. The van der Waals surface area contributed by atoms with Crippen LogP contribution in [0.4, 0.5) is 14.5 Å². The Morgan fingerprint density at radius 1 is 1.00 bits per heavy atom. The van der Waals surface area contributed by atoms with Crippen LogP contribution in [0.3, 0.4) is 0 Å². The van der Waals surface area contributed by atoms with Crippen LogP contribution in [0.25, 0.3) is 0 Å². The number of carbonyl (C=O) groups is 1. The molecule has 1 saturated heterocycles. The standard InChI is InChI=1S/C17H16F2N2O3S/c18-13-5-8-16(15(19)11-13)20-25(23,24)14-6-3-12(4-7-14)17(22)21-9-1-2-10-21/h3-8,11,20H,1-2,9-10H2. The van der Waals surface area contributed by atoms with Gasteiger partial charge in [-0.3, -0.25) is 9.52 Å². The first kappa shape index (κ1) is 17.3. The van der Waals surface area contributed by atoms with Gasteiger partial charge in [0.05, 0.1) is 10.6 Å². The van der Waals surface area contributed by atoms with E-state index in [1.165, 1.54) is 24.3 Å².